The molecule has 94 valence electrons. The van der Waals surface area contributed by atoms with Crippen molar-refractivity contribution >= 4 is 10.8 Å². The normalized spacial score (nSPS) is 14.5. The van der Waals surface area contributed by atoms with Gasteiger partial charge >= 0.3 is 0 Å². The predicted molar refractivity (Wildman–Crippen MR) is 79.1 cm³/mol. The van der Waals surface area contributed by atoms with Gasteiger partial charge in [-0.05, 0) is 22.4 Å². The van der Waals surface area contributed by atoms with Gasteiger partial charge in [-0.25, -0.2) is 0 Å². The summed E-state index contributed by atoms with van der Waals surface area (Å²) in [6.07, 6.45) is 1.10. The fourth-order valence-corrected chi connectivity index (χ4v) is 2.96. The first-order valence-corrected chi connectivity index (χ1v) is 6.81. The van der Waals surface area contributed by atoms with Gasteiger partial charge in [0.2, 0.25) is 0 Å². The maximum absolute atomic E-state index is 3.60. The summed E-state index contributed by atoms with van der Waals surface area (Å²) in [5, 5.41) is 6.04. The third-order valence-corrected chi connectivity index (χ3v) is 3.94. The summed E-state index contributed by atoms with van der Waals surface area (Å²) >= 11 is 0. The SMILES string of the molecule is c1ccc2c(-c3cc4c([nH]3)CCNC4)cccc2c1. The number of H-pyrrole nitrogens is 1. The molecule has 0 atom stereocenters. The van der Waals surface area contributed by atoms with Crippen LogP contribution in [0.4, 0.5) is 0 Å². The molecular formula is C17H16N2. The second kappa shape index (κ2) is 4.25. The largest absolute Gasteiger partial charge is 0.358 e. The predicted octanol–water partition coefficient (Wildman–Crippen LogP) is 3.48. The number of rotatable bonds is 1. The van der Waals surface area contributed by atoms with Gasteiger partial charge in [-0.1, -0.05) is 42.5 Å². The molecule has 2 heterocycles. The smallest absolute Gasteiger partial charge is 0.0465 e. The van der Waals surface area contributed by atoms with Crippen molar-refractivity contribution in [1.82, 2.24) is 10.3 Å². The summed E-state index contributed by atoms with van der Waals surface area (Å²) in [5.41, 5.74) is 5.34. The molecule has 4 rings (SSSR count). The van der Waals surface area contributed by atoms with Crippen LogP contribution >= 0.6 is 0 Å². The number of aromatic nitrogens is 1. The summed E-state index contributed by atoms with van der Waals surface area (Å²) in [4.78, 5) is 3.60. The third kappa shape index (κ3) is 1.76. The fraction of sp³-hybridized carbons (Fsp3) is 0.176. The molecule has 2 nitrogen and oxygen atoms in total. The number of benzene rings is 2. The molecule has 0 fully saturated rings. The van der Waals surface area contributed by atoms with Gasteiger partial charge in [0.05, 0.1) is 0 Å². The van der Waals surface area contributed by atoms with Crippen molar-refractivity contribution in [1.29, 1.82) is 0 Å². The molecule has 1 aromatic heterocycles. The number of aromatic amines is 1. The molecule has 0 bridgehead atoms. The van der Waals surface area contributed by atoms with Crippen molar-refractivity contribution in [2.75, 3.05) is 6.54 Å². The lowest BCUT2D eigenvalue weighted by atomic mass is 10.0. The molecule has 0 radical (unpaired) electrons. The highest BCUT2D eigenvalue weighted by atomic mass is 14.9. The fourth-order valence-electron chi connectivity index (χ4n) is 2.96. The van der Waals surface area contributed by atoms with Crippen LogP contribution in [-0.4, -0.2) is 11.5 Å². The molecular weight excluding hydrogens is 232 g/mol. The van der Waals surface area contributed by atoms with Crippen molar-refractivity contribution in [2.45, 2.75) is 13.0 Å². The molecule has 1 aliphatic rings. The Hall–Kier alpha value is -2.06. The Morgan fingerprint density at radius 1 is 0.947 bits per heavy atom. The highest BCUT2D eigenvalue weighted by Crippen LogP contribution is 2.30. The first kappa shape index (κ1) is 10.8. The van der Waals surface area contributed by atoms with Crippen LogP contribution in [-0.2, 0) is 13.0 Å². The van der Waals surface area contributed by atoms with Crippen LogP contribution < -0.4 is 5.32 Å². The van der Waals surface area contributed by atoms with Crippen LogP contribution in [0.3, 0.4) is 0 Å². The standard InChI is InChI=1S/C17H16N2/c1-2-6-14-12(4-1)5-3-7-15(14)17-10-13-11-18-9-8-16(13)19-17/h1-7,10,18-19H,8-9,11H2. The van der Waals surface area contributed by atoms with E-state index in [4.69, 9.17) is 0 Å². The Balaban J connectivity index is 1.92. The minimum absolute atomic E-state index is 0.983. The minimum Gasteiger partial charge on any atom is -0.358 e. The van der Waals surface area contributed by atoms with E-state index in [1.54, 1.807) is 0 Å². The molecule has 0 saturated heterocycles. The molecule has 2 heteroatoms. The molecule has 0 amide bonds. The van der Waals surface area contributed by atoms with Gasteiger partial charge in [-0.15, -0.1) is 0 Å². The molecule has 0 spiro atoms. The van der Waals surface area contributed by atoms with Crippen LogP contribution in [0.1, 0.15) is 11.3 Å². The maximum atomic E-state index is 3.60. The zero-order valence-electron chi connectivity index (χ0n) is 10.7. The van der Waals surface area contributed by atoms with Crippen molar-refractivity contribution < 1.29 is 0 Å². The molecule has 0 unspecified atom stereocenters. The lowest BCUT2D eigenvalue weighted by Crippen LogP contribution is -2.22. The van der Waals surface area contributed by atoms with Gasteiger partial charge in [0.25, 0.3) is 0 Å². The van der Waals surface area contributed by atoms with Gasteiger partial charge in [0.1, 0.15) is 0 Å². The number of fused-ring (bicyclic) bond motifs is 2. The molecule has 0 saturated carbocycles. The summed E-state index contributed by atoms with van der Waals surface area (Å²) in [6, 6.07) is 17.4. The van der Waals surface area contributed by atoms with Crippen LogP contribution in [0.15, 0.2) is 48.5 Å². The molecule has 19 heavy (non-hydrogen) atoms. The second-order valence-corrected chi connectivity index (χ2v) is 5.14. The summed E-state index contributed by atoms with van der Waals surface area (Å²) in [6.45, 7) is 2.05. The van der Waals surface area contributed by atoms with E-state index in [2.05, 4.69) is 58.8 Å². The number of hydrogen-bond acceptors (Lipinski definition) is 1. The van der Waals surface area contributed by atoms with E-state index in [1.807, 2.05) is 0 Å². The average molecular weight is 248 g/mol. The number of nitrogens with one attached hydrogen (secondary N) is 2. The quantitative estimate of drug-likeness (QED) is 0.678. The first-order valence-electron chi connectivity index (χ1n) is 6.81. The van der Waals surface area contributed by atoms with Gasteiger partial charge in [-0.3, -0.25) is 0 Å². The minimum atomic E-state index is 0.983. The molecule has 2 aromatic carbocycles. The van der Waals surface area contributed by atoms with Crippen LogP contribution in [0.5, 0.6) is 0 Å². The average Bonchev–Trinajstić information content (AvgIpc) is 2.90. The van der Waals surface area contributed by atoms with E-state index in [0.717, 1.165) is 19.5 Å². The zero-order valence-corrected chi connectivity index (χ0v) is 10.7. The Morgan fingerprint density at radius 3 is 2.79 bits per heavy atom. The summed E-state index contributed by atoms with van der Waals surface area (Å²) in [5.74, 6) is 0. The highest BCUT2D eigenvalue weighted by molar-refractivity contribution is 5.95. The lowest BCUT2D eigenvalue weighted by Gasteiger charge is -2.11. The van der Waals surface area contributed by atoms with E-state index in [1.165, 1.54) is 33.3 Å². The van der Waals surface area contributed by atoms with Crippen LogP contribution in [0, 0.1) is 0 Å². The van der Waals surface area contributed by atoms with Gasteiger partial charge in [0, 0.05) is 36.5 Å². The Kier molecular flexibility index (Phi) is 2.42. The second-order valence-electron chi connectivity index (χ2n) is 5.14. The Morgan fingerprint density at radius 2 is 1.84 bits per heavy atom. The number of hydrogen-bond donors (Lipinski definition) is 2. The summed E-state index contributed by atoms with van der Waals surface area (Å²) < 4.78 is 0. The van der Waals surface area contributed by atoms with Crippen molar-refractivity contribution in [2.24, 2.45) is 0 Å². The van der Waals surface area contributed by atoms with Gasteiger partial charge < -0.3 is 10.3 Å². The van der Waals surface area contributed by atoms with Crippen molar-refractivity contribution in [3.63, 3.8) is 0 Å². The van der Waals surface area contributed by atoms with Gasteiger partial charge in [0.15, 0.2) is 0 Å². The van der Waals surface area contributed by atoms with Crippen LogP contribution in [0.2, 0.25) is 0 Å². The van der Waals surface area contributed by atoms with Crippen molar-refractivity contribution in [3.8, 4) is 11.3 Å². The molecule has 2 N–H and O–H groups in total. The lowest BCUT2D eigenvalue weighted by molar-refractivity contribution is 0.638. The Labute approximate surface area is 112 Å². The molecule has 3 aromatic rings. The molecule has 1 aliphatic heterocycles. The monoisotopic (exact) mass is 248 g/mol. The summed E-state index contributed by atoms with van der Waals surface area (Å²) in [7, 11) is 0. The first-order chi connectivity index (χ1) is 9.42. The van der Waals surface area contributed by atoms with Crippen molar-refractivity contribution in [3.05, 3.63) is 59.8 Å². The Bertz CT molecular complexity index is 711. The highest BCUT2D eigenvalue weighted by Gasteiger charge is 2.13. The zero-order chi connectivity index (χ0) is 12.7. The van der Waals surface area contributed by atoms with E-state index in [0.29, 0.717) is 0 Å². The molecule has 0 aliphatic carbocycles. The third-order valence-electron chi connectivity index (χ3n) is 3.94. The maximum Gasteiger partial charge on any atom is 0.0465 e. The van der Waals surface area contributed by atoms with E-state index < -0.39 is 0 Å². The van der Waals surface area contributed by atoms with E-state index >= 15 is 0 Å². The van der Waals surface area contributed by atoms with E-state index in [9.17, 15) is 0 Å². The van der Waals surface area contributed by atoms with E-state index in [-0.39, 0.29) is 0 Å². The topological polar surface area (TPSA) is 27.8 Å². The van der Waals surface area contributed by atoms with Gasteiger partial charge in [-0.2, -0.15) is 0 Å². The van der Waals surface area contributed by atoms with Crippen LogP contribution in [0.25, 0.3) is 22.0 Å².